The second-order valence-corrected chi connectivity index (χ2v) is 6.09. The number of cyclic esters (lactones) is 1. The number of ether oxygens (including phenoxy) is 1. The summed E-state index contributed by atoms with van der Waals surface area (Å²) in [7, 11) is 0. The van der Waals surface area contributed by atoms with Crippen LogP contribution in [-0.2, 0) is 16.0 Å². The van der Waals surface area contributed by atoms with E-state index in [0.29, 0.717) is 6.42 Å². The molecule has 25 heavy (non-hydrogen) atoms. The number of imide groups is 1. The summed E-state index contributed by atoms with van der Waals surface area (Å²) < 4.78 is 44.2. The van der Waals surface area contributed by atoms with Crippen molar-refractivity contribution in [1.82, 2.24) is 4.90 Å². The van der Waals surface area contributed by atoms with Gasteiger partial charge in [0, 0.05) is 0 Å². The molecule has 1 aromatic rings. The Bertz CT molecular complexity index is 630. The lowest BCUT2D eigenvalue weighted by Crippen LogP contribution is -2.47. The van der Waals surface area contributed by atoms with Crippen molar-refractivity contribution >= 4 is 12.0 Å². The molecule has 4 nitrogen and oxygen atoms in total. The maximum atomic E-state index is 13.1. The first-order valence-electron chi connectivity index (χ1n) is 7.97. The maximum absolute atomic E-state index is 13.1. The van der Waals surface area contributed by atoms with Crippen LogP contribution in [-0.4, -0.2) is 35.7 Å². The van der Waals surface area contributed by atoms with E-state index < -0.39 is 36.1 Å². The smallest absolute Gasteiger partial charge is 0.416 e. The summed E-state index contributed by atoms with van der Waals surface area (Å²) in [6.45, 7) is 4.34. The van der Waals surface area contributed by atoms with E-state index in [2.05, 4.69) is 6.58 Å². The molecule has 136 valence electrons. The minimum absolute atomic E-state index is 0.0271. The summed E-state index contributed by atoms with van der Waals surface area (Å²) in [6.07, 6.45) is -4.00. The van der Waals surface area contributed by atoms with Gasteiger partial charge in [-0.3, -0.25) is 4.79 Å². The number of carbonyl (C=O) groups excluding carboxylic acids is 2. The number of benzene rings is 1. The molecule has 0 unspecified atom stereocenters. The number of amides is 2. The van der Waals surface area contributed by atoms with E-state index in [4.69, 9.17) is 4.74 Å². The van der Waals surface area contributed by atoms with E-state index in [1.54, 1.807) is 0 Å². The van der Waals surface area contributed by atoms with Crippen molar-refractivity contribution in [2.24, 2.45) is 11.8 Å². The van der Waals surface area contributed by atoms with Crippen molar-refractivity contribution in [3.8, 4) is 0 Å². The number of alkyl halides is 3. The first-order chi connectivity index (χ1) is 11.8. The normalized spacial score (nSPS) is 20.1. The Labute approximate surface area is 144 Å². The first kappa shape index (κ1) is 19.0. The number of halogens is 3. The van der Waals surface area contributed by atoms with Crippen molar-refractivity contribution < 1.29 is 27.5 Å². The fraction of sp³-hybridized carbons (Fsp3) is 0.444. The van der Waals surface area contributed by atoms with Crippen molar-refractivity contribution in [2.75, 3.05) is 6.61 Å². The monoisotopic (exact) mass is 355 g/mol. The van der Waals surface area contributed by atoms with Gasteiger partial charge in [0.1, 0.15) is 6.61 Å². The highest BCUT2D eigenvalue weighted by atomic mass is 19.4. The average molecular weight is 355 g/mol. The molecule has 7 heteroatoms. The van der Waals surface area contributed by atoms with Gasteiger partial charge in [-0.25, -0.2) is 9.69 Å². The lowest BCUT2D eigenvalue weighted by Gasteiger charge is -2.29. The van der Waals surface area contributed by atoms with Crippen molar-refractivity contribution in [3.63, 3.8) is 0 Å². The van der Waals surface area contributed by atoms with Crippen LogP contribution in [0.15, 0.2) is 43.0 Å². The largest absolute Gasteiger partial charge is 0.447 e. The van der Waals surface area contributed by atoms with E-state index >= 15 is 0 Å². The molecule has 1 heterocycles. The third-order valence-electron chi connectivity index (χ3n) is 4.37. The van der Waals surface area contributed by atoms with Crippen LogP contribution in [0.2, 0.25) is 0 Å². The number of rotatable bonds is 6. The van der Waals surface area contributed by atoms with Gasteiger partial charge in [-0.15, -0.1) is 6.58 Å². The molecule has 1 saturated heterocycles. The van der Waals surface area contributed by atoms with Crippen LogP contribution in [0.5, 0.6) is 0 Å². The van der Waals surface area contributed by atoms with Gasteiger partial charge in [-0.2, -0.15) is 13.2 Å². The molecule has 1 aliphatic rings. The highest BCUT2D eigenvalue weighted by Gasteiger charge is 2.48. The van der Waals surface area contributed by atoms with Crippen molar-refractivity contribution in [3.05, 3.63) is 48.6 Å². The van der Waals surface area contributed by atoms with Crippen LogP contribution in [0.3, 0.4) is 0 Å². The van der Waals surface area contributed by atoms with Gasteiger partial charge in [0.05, 0.1) is 17.9 Å². The third kappa shape index (κ3) is 4.41. The summed E-state index contributed by atoms with van der Waals surface area (Å²) in [5.41, 5.74) is 0.868. The Morgan fingerprint density at radius 2 is 2.04 bits per heavy atom. The minimum atomic E-state index is -4.54. The van der Waals surface area contributed by atoms with E-state index in [-0.39, 0.29) is 13.0 Å². The number of hydrogen-bond acceptors (Lipinski definition) is 3. The molecule has 1 fully saturated rings. The van der Waals surface area contributed by atoms with Crippen LogP contribution in [0.25, 0.3) is 0 Å². The number of hydrogen-bond donors (Lipinski definition) is 0. The van der Waals surface area contributed by atoms with Crippen LogP contribution < -0.4 is 0 Å². The number of nitrogens with zero attached hydrogens (tertiary/aromatic N) is 1. The Morgan fingerprint density at radius 3 is 2.60 bits per heavy atom. The van der Waals surface area contributed by atoms with Crippen molar-refractivity contribution in [1.29, 1.82) is 0 Å². The number of allylic oxidation sites excluding steroid dienone is 1. The van der Waals surface area contributed by atoms with Gasteiger partial charge < -0.3 is 4.74 Å². The van der Waals surface area contributed by atoms with Gasteiger partial charge in [0.2, 0.25) is 5.91 Å². The summed E-state index contributed by atoms with van der Waals surface area (Å²) in [5, 5.41) is 0. The van der Waals surface area contributed by atoms with E-state index in [0.717, 1.165) is 17.4 Å². The van der Waals surface area contributed by atoms with E-state index in [1.807, 2.05) is 30.3 Å². The molecular formula is C18H20F3NO3. The summed E-state index contributed by atoms with van der Waals surface area (Å²) in [4.78, 5) is 25.5. The highest BCUT2D eigenvalue weighted by molar-refractivity contribution is 5.95. The molecule has 0 spiro atoms. The summed E-state index contributed by atoms with van der Waals surface area (Å²) in [5.74, 6) is -4.15. The predicted octanol–water partition coefficient (Wildman–Crippen LogP) is 3.97. The summed E-state index contributed by atoms with van der Waals surface area (Å²) >= 11 is 0. The molecule has 1 aromatic carbocycles. The third-order valence-corrected chi connectivity index (χ3v) is 4.37. The lowest BCUT2D eigenvalue weighted by molar-refractivity contribution is -0.188. The van der Waals surface area contributed by atoms with E-state index in [1.165, 1.54) is 6.08 Å². The molecule has 0 radical (unpaired) electrons. The zero-order valence-corrected chi connectivity index (χ0v) is 13.8. The molecule has 0 aliphatic carbocycles. The average Bonchev–Trinajstić information content (AvgIpc) is 2.92. The Morgan fingerprint density at radius 1 is 1.40 bits per heavy atom. The predicted molar refractivity (Wildman–Crippen MR) is 85.7 cm³/mol. The zero-order valence-electron chi connectivity index (χ0n) is 13.8. The van der Waals surface area contributed by atoms with Gasteiger partial charge in [0.25, 0.3) is 0 Å². The highest BCUT2D eigenvalue weighted by Crippen LogP contribution is 2.35. The fourth-order valence-electron chi connectivity index (χ4n) is 2.87. The molecule has 0 aromatic heterocycles. The topological polar surface area (TPSA) is 46.6 Å². The van der Waals surface area contributed by atoms with Crippen LogP contribution in [0.1, 0.15) is 18.9 Å². The molecule has 0 saturated carbocycles. The molecule has 1 aliphatic heterocycles. The quantitative estimate of drug-likeness (QED) is 0.726. The maximum Gasteiger partial charge on any atom is 0.416 e. The fourth-order valence-corrected chi connectivity index (χ4v) is 2.87. The van der Waals surface area contributed by atoms with Gasteiger partial charge >= 0.3 is 12.3 Å². The molecule has 3 atom stereocenters. The Hall–Kier alpha value is -2.31. The Balaban J connectivity index is 2.23. The molecular weight excluding hydrogens is 335 g/mol. The SMILES string of the molecule is C=CC[C@H](C(=O)N1C(=O)OC[C@@H]1Cc1ccccc1)[C@@H](C)C(F)(F)F. The molecule has 2 rings (SSSR count). The zero-order chi connectivity index (χ0) is 18.6. The van der Waals surface area contributed by atoms with Crippen LogP contribution in [0.4, 0.5) is 18.0 Å². The minimum Gasteiger partial charge on any atom is -0.447 e. The lowest BCUT2D eigenvalue weighted by atomic mass is 9.88. The Kier molecular flexibility index (Phi) is 5.87. The standard InChI is InChI=1S/C18H20F3NO3/c1-3-7-15(12(2)18(19,20)21)16(23)22-14(11-25-17(22)24)10-13-8-5-4-6-9-13/h3-6,8-9,12,14-15H,1,7,10-11H2,2H3/t12-,14+,15+/m1/s1. The second kappa shape index (κ2) is 7.72. The van der Waals surface area contributed by atoms with E-state index in [9.17, 15) is 22.8 Å². The van der Waals surface area contributed by atoms with Gasteiger partial charge in [-0.05, 0) is 18.4 Å². The summed E-state index contributed by atoms with van der Waals surface area (Å²) in [6, 6.07) is 8.48. The second-order valence-electron chi connectivity index (χ2n) is 6.09. The first-order valence-corrected chi connectivity index (χ1v) is 7.97. The molecule has 0 N–H and O–H groups in total. The number of carbonyl (C=O) groups is 2. The molecule has 0 bridgehead atoms. The van der Waals surface area contributed by atoms with Gasteiger partial charge in [-0.1, -0.05) is 43.3 Å². The van der Waals surface area contributed by atoms with Crippen LogP contribution >= 0.6 is 0 Å². The van der Waals surface area contributed by atoms with Crippen LogP contribution in [0, 0.1) is 11.8 Å². The van der Waals surface area contributed by atoms with Gasteiger partial charge in [0.15, 0.2) is 0 Å². The van der Waals surface area contributed by atoms with Crippen molar-refractivity contribution in [2.45, 2.75) is 32.0 Å². The molecule has 2 amide bonds.